The van der Waals surface area contributed by atoms with Gasteiger partial charge < -0.3 is 14.6 Å². The number of aromatic amines is 1. The number of esters is 1. The number of nitrogens with one attached hydrogen (secondary N) is 1. The zero-order valence-electron chi connectivity index (χ0n) is 17.7. The van der Waals surface area contributed by atoms with Crippen molar-refractivity contribution >= 4 is 22.8 Å². The lowest BCUT2D eigenvalue weighted by Crippen LogP contribution is -2.44. The zero-order valence-corrected chi connectivity index (χ0v) is 17.7. The molecule has 1 aliphatic rings. The van der Waals surface area contributed by atoms with Crippen molar-refractivity contribution in [3.8, 4) is 0 Å². The van der Waals surface area contributed by atoms with E-state index < -0.39 is 12.1 Å². The van der Waals surface area contributed by atoms with Gasteiger partial charge in [-0.2, -0.15) is 0 Å². The fourth-order valence-corrected chi connectivity index (χ4v) is 4.08. The second-order valence-electron chi connectivity index (χ2n) is 7.96. The summed E-state index contributed by atoms with van der Waals surface area (Å²) in [5, 5.41) is 0.486. The first-order chi connectivity index (χ1) is 16.1. The highest BCUT2D eigenvalue weighted by Gasteiger charge is 2.34. The van der Waals surface area contributed by atoms with Crippen LogP contribution in [0.4, 0.5) is 0 Å². The van der Waals surface area contributed by atoms with Crippen molar-refractivity contribution in [1.29, 1.82) is 0 Å². The van der Waals surface area contributed by atoms with Gasteiger partial charge in [-0.1, -0.05) is 60.7 Å². The van der Waals surface area contributed by atoms with E-state index in [0.717, 1.165) is 11.1 Å². The first-order valence-corrected chi connectivity index (χ1v) is 10.7. The summed E-state index contributed by atoms with van der Waals surface area (Å²) in [7, 11) is 0. The summed E-state index contributed by atoms with van der Waals surface area (Å²) in [6.07, 6.45) is -0.642. The predicted octanol–water partition coefficient (Wildman–Crippen LogP) is 3.23. The number of carbonyl (C=O) groups is 2. The van der Waals surface area contributed by atoms with Gasteiger partial charge in [0.2, 0.25) is 0 Å². The van der Waals surface area contributed by atoms with Crippen LogP contribution in [0.25, 0.3) is 10.9 Å². The van der Waals surface area contributed by atoms with Crippen molar-refractivity contribution in [1.82, 2.24) is 14.9 Å². The van der Waals surface area contributed by atoms with Crippen LogP contribution in [0.2, 0.25) is 0 Å². The fourth-order valence-electron chi connectivity index (χ4n) is 4.08. The largest absolute Gasteiger partial charge is 0.448 e. The second kappa shape index (κ2) is 8.70. The molecule has 1 amide bonds. The van der Waals surface area contributed by atoms with E-state index in [1.165, 1.54) is 0 Å². The van der Waals surface area contributed by atoms with Gasteiger partial charge in [0.1, 0.15) is 5.82 Å². The number of rotatable bonds is 5. The number of para-hydroxylation sites is 1. The van der Waals surface area contributed by atoms with Gasteiger partial charge >= 0.3 is 5.97 Å². The molecule has 0 bridgehead atoms. The van der Waals surface area contributed by atoms with E-state index in [-0.39, 0.29) is 24.6 Å². The van der Waals surface area contributed by atoms with Crippen molar-refractivity contribution in [3.05, 3.63) is 112 Å². The van der Waals surface area contributed by atoms with Crippen LogP contribution >= 0.6 is 0 Å². The van der Waals surface area contributed by atoms with Gasteiger partial charge in [-0.15, -0.1) is 0 Å². The zero-order chi connectivity index (χ0) is 22.8. The minimum absolute atomic E-state index is 0.0729. The Morgan fingerprint density at radius 3 is 2.52 bits per heavy atom. The Bertz CT molecular complexity index is 1400. The molecule has 0 fully saturated rings. The number of aromatic nitrogens is 2. The summed E-state index contributed by atoms with van der Waals surface area (Å²) >= 11 is 0. The molecule has 3 aromatic carbocycles. The third-order valence-electron chi connectivity index (χ3n) is 5.70. The highest BCUT2D eigenvalue weighted by atomic mass is 16.5. The van der Waals surface area contributed by atoms with Crippen molar-refractivity contribution in [2.75, 3.05) is 0 Å². The Balaban J connectivity index is 1.47. The lowest BCUT2D eigenvalue weighted by Gasteiger charge is -2.30. The van der Waals surface area contributed by atoms with Crippen LogP contribution in [0.1, 0.15) is 27.3 Å². The first kappa shape index (κ1) is 20.6. The lowest BCUT2D eigenvalue weighted by molar-refractivity contribution is -0.142. The first-order valence-electron chi connectivity index (χ1n) is 10.7. The molecule has 0 spiro atoms. The average Bonchev–Trinajstić information content (AvgIpc) is 2.84. The maximum atomic E-state index is 13.5. The number of carbonyl (C=O) groups excluding carboxylic acids is 2. The molecule has 4 aromatic rings. The summed E-state index contributed by atoms with van der Waals surface area (Å²) in [6, 6.07) is 23.7. The molecule has 0 saturated heterocycles. The van der Waals surface area contributed by atoms with Crippen molar-refractivity contribution in [2.45, 2.75) is 25.6 Å². The van der Waals surface area contributed by atoms with E-state index in [2.05, 4.69) is 9.97 Å². The summed E-state index contributed by atoms with van der Waals surface area (Å²) in [5.74, 6) is -0.477. The Morgan fingerprint density at radius 1 is 0.939 bits per heavy atom. The quantitative estimate of drug-likeness (QED) is 0.482. The minimum Gasteiger partial charge on any atom is -0.448 e. The second-order valence-corrected chi connectivity index (χ2v) is 7.96. The summed E-state index contributed by atoms with van der Waals surface area (Å²) in [6.45, 7) is 0.357. The Labute approximate surface area is 189 Å². The van der Waals surface area contributed by atoms with Gasteiger partial charge in [0.25, 0.3) is 11.5 Å². The molecule has 0 saturated carbocycles. The molecule has 164 valence electrons. The van der Waals surface area contributed by atoms with Crippen LogP contribution in [0.5, 0.6) is 0 Å². The van der Waals surface area contributed by atoms with Gasteiger partial charge in [-0.3, -0.25) is 9.59 Å². The highest BCUT2D eigenvalue weighted by Crippen LogP contribution is 2.23. The number of fused-ring (bicyclic) bond motifs is 2. The molecule has 1 aliphatic heterocycles. The van der Waals surface area contributed by atoms with Gasteiger partial charge in [-0.25, -0.2) is 9.78 Å². The Morgan fingerprint density at radius 2 is 1.67 bits per heavy atom. The van der Waals surface area contributed by atoms with Crippen molar-refractivity contribution < 1.29 is 14.3 Å². The molecule has 33 heavy (non-hydrogen) atoms. The number of ether oxygens (including phenoxy) is 1. The number of hydrogen-bond acceptors (Lipinski definition) is 5. The summed E-state index contributed by atoms with van der Waals surface area (Å²) < 4.78 is 5.50. The van der Waals surface area contributed by atoms with E-state index in [9.17, 15) is 14.4 Å². The number of cyclic esters (lactones) is 1. The third kappa shape index (κ3) is 4.25. The van der Waals surface area contributed by atoms with E-state index >= 15 is 0 Å². The number of benzene rings is 3. The number of H-pyrrole nitrogens is 1. The van der Waals surface area contributed by atoms with Gasteiger partial charge in [0.15, 0.2) is 6.10 Å². The Kier molecular flexibility index (Phi) is 5.44. The normalized spacial score (nSPS) is 15.0. The maximum absolute atomic E-state index is 13.5. The molecule has 0 unspecified atom stereocenters. The molecule has 5 rings (SSSR count). The monoisotopic (exact) mass is 439 g/mol. The van der Waals surface area contributed by atoms with Gasteiger partial charge in [0.05, 0.1) is 23.0 Å². The Hall–Kier alpha value is -4.26. The van der Waals surface area contributed by atoms with Crippen LogP contribution in [-0.2, 0) is 29.0 Å². The van der Waals surface area contributed by atoms with Gasteiger partial charge in [0, 0.05) is 13.0 Å². The molecule has 0 aliphatic carbocycles. The van der Waals surface area contributed by atoms with E-state index in [1.54, 1.807) is 35.2 Å². The molecule has 1 aromatic heterocycles. The van der Waals surface area contributed by atoms with Crippen LogP contribution in [-0.4, -0.2) is 32.8 Å². The number of amides is 1. The molecular weight excluding hydrogens is 418 g/mol. The van der Waals surface area contributed by atoms with Crippen molar-refractivity contribution in [3.63, 3.8) is 0 Å². The molecule has 1 atom stereocenters. The summed E-state index contributed by atoms with van der Waals surface area (Å²) in [4.78, 5) is 47.4. The molecule has 1 N–H and O–H groups in total. The summed E-state index contributed by atoms with van der Waals surface area (Å²) in [5.41, 5.74) is 2.47. The van der Waals surface area contributed by atoms with Crippen LogP contribution < -0.4 is 5.56 Å². The lowest BCUT2D eigenvalue weighted by atomic mass is 9.98. The number of nitrogens with zero attached hydrogens (tertiary/aromatic N) is 2. The fraction of sp³-hybridized carbons (Fsp3) is 0.154. The molecular formula is C26H21N3O4. The van der Waals surface area contributed by atoms with Crippen LogP contribution in [0.15, 0.2) is 83.7 Å². The standard InChI is InChI=1S/C26H21N3O4/c30-24-20-12-6-7-13-21(20)27-23(28-24)16-29(15-17-8-2-1-3-9-17)25(31)22-14-18-10-4-5-11-19(18)26(32)33-22/h1-13,22H,14-16H2,(H,27,28,30)/t22-/m1/s1. The average molecular weight is 439 g/mol. The van der Waals surface area contributed by atoms with Crippen LogP contribution in [0, 0.1) is 0 Å². The van der Waals surface area contributed by atoms with E-state index in [1.807, 2.05) is 48.5 Å². The highest BCUT2D eigenvalue weighted by molar-refractivity contribution is 5.95. The molecule has 7 heteroatoms. The topological polar surface area (TPSA) is 92.4 Å². The van der Waals surface area contributed by atoms with Gasteiger partial charge in [-0.05, 0) is 29.3 Å². The number of hydrogen-bond donors (Lipinski definition) is 1. The smallest absolute Gasteiger partial charge is 0.339 e. The van der Waals surface area contributed by atoms with Crippen molar-refractivity contribution in [2.24, 2.45) is 0 Å². The molecule has 2 heterocycles. The van der Waals surface area contributed by atoms with E-state index in [0.29, 0.717) is 28.7 Å². The van der Waals surface area contributed by atoms with Crippen LogP contribution in [0.3, 0.4) is 0 Å². The SMILES string of the molecule is O=C1O[C@@H](C(=O)N(Cc2ccccc2)Cc2nc3ccccc3c(=O)[nH]2)Cc2ccccc21. The maximum Gasteiger partial charge on any atom is 0.339 e. The minimum atomic E-state index is -0.941. The van der Waals surface area contributed by atoms with E-state index in [4.69, 9.17) is 4.74 Å². The third-order valence-corrected chi connectivity index (χ3v) is 5.70. The predicted molar refractivity (Wildman–Crippen MR) is 122 cm³/mol. The molecule has 7 nitrogen and oxygen atoms in total. The molecule has 0 radical (unpaired) electrons.